The second kappa shape index (κ2) is 11.4. The Bertz CT molecular complexity index is 1480. The molecule has 8 heteroatoms. The quantitative estimate of drug-likeness (QED) is 0.349. The van der Waals surface area contributed by atoms with Gasteiger partial charge in [-0.25, -0.2) is 4.79 Å². The Hall–Kier alpha value is -4.30. The lowest BCUT2D eigenvalue weighted by Crippen LogP contribution is -2.58. The number of nitrogens with one attached hydrogen (secondary N) is 2. The first-order chi connectivity index (χ1) is 19.6. The number of H-pyrrole nitrogens is 1. The Morgan fingerprint density at radius 3 is 2.45 bits per heavy atom. The van der Waals surface area contributed by atoms with E-state index in [2.05, 4.69) is 33.4 Å². The molecular formula is C32H36N6O2. The number of nitrogens with two attached hydrogens (primary N) is 1. The molecule has 4 aromatic rings. The van der Waals surface area contributed by atoms with Crippen LogP contribution in [0.1, 0.15) is 11.1 Å². The van der Waals surface area contributed by atoms with Crippen LogP contribution in [0.3, 0.4) is 0 Å². The minimum absolute atomic E-state index is 0.104. The molecule has 0 aliphatic carbocycles. The van der Waals surface area contributed by atoms with Crippen LogP contribution < -0.4 is 20.9 Å². The minimum atomic E-state index is -0.719. The molecule has 1 aromatic heterocycles. The summed E-state index contributed by atoms with van der Waals surface area (Å²) in [6, 6.07) is 25.4. The summed E-state index contributed by atoms with van der Waals surface area (Å²) in [5, 5.41) is 4.20. The first-order valence-electron chi connectivity index (χ1n) is 14.1. The third kappa shape index (κ3) is 5.27. The molecule has 3 amide bonds. The summed E-state index contributed by atoms with van der Waals surface area (Å²) < 4.78 is 0. The molecule has 2 aliphatic heterocycles. The molecule has 206 valence electrons. The summed E-state index contributed by atoms with van der Waals surface area (Å²) in [6.45, 7) is 3.73. The van der Waals surface area contributed by atoms with Gasteiger partial charge in [0, 0.05) is 67.6 Å². The maximum Gasteiger partial charge on any atom is 0.318 e. The highest BCUT2D eigenvalue weighted by molar-refractivity contribution is 6.00. The number of benzene rings is 3. The second-order valence-corrected chi connectivity index (χ2v) is 10.8. The number of aromatic amines is 1. The van der Waals surface area contributed by atoms with Crippen LogP contribution in [0.2, 0.25) is 0 Å². The third-order valence-electron chi connectivity index (χ3n) is 8.21. The van der Waals surface area contributed by atoms with Gasteiger partial charge in [-0.15, -0.1) is 0 Å². The van der Waals surface area contributed by atoms with Crippen molar-refractivity contribution in [1.82, 2.24) is 15.2 Å². The maximum atomic E-state index is 14.3. The summed E-state index contributed by atoms with van der Waals surface area (Å²) in [4.78, 5) is 37.1. The van der Waals surface area contributed by atoms with E-state index in [1.165, 1.54) is 0 Å². The summed E-state index contributed by atoms with van der Waals surface area (Å²) in [5.41, 5.74) is 11.3. The van der Waals surface area contributed by atoms with Crippen molar-refractivity contribution in [3.05, 3.63) is 96.2 Å². The van der Waals surface area contributed by atoms with Gasteiger partial charge >= 0.3 is 6.03 Å². The van der Waals surface area contributed by atoms with Crippen LogP contribution in [0, 0.1) is 5.92 Å². The number of hydrogen-bond acceptors (Lipinski definition) is 4. The van der Waals surface area contributed by atoms with Gasteiger partial charge in [0.05, 0.1) is 0 Å². The molecule has 2 aliphatic rings. The van der Waals surface area contributed by atoms with E-state index < -0.39 is 6.04 Å². The van der Waals surface area contributed by atoms with E-state index >= 15 is 0 Å². The number of piperazine rings is 1. The normalized spacial score (nSPS) is 17.9. The summed E-state index contributed by atoms with van der Waals surface area (Å²) >= 11 is 0. The average Bonchev–Trinajstić information content (AvgIpc) is 3.43. The number of rotatable bonds is 6. The molecule has 40 heavy (non-hydrogen) atoms. The van der Waals surface area contributed by atoms with Crippen molar-refractivity contribution < 1.29 is 9.59 Å². The first kappa shape index (κ1) is 26.0. The van der Waals surface area contributed by atoms with Crippen LogP contribution in [0.4, 0.5) is 16.2 Å². The smallest absolute Gasteiger partial charge is 0.318 e. The van der Waals surface area contributed by atoms with Gasteiger partial charge in [-0.3, -0.25) is 4.79 Å². The van der Waals surface area contributed by atoms with Crippen molar-refractivity contribution in [2.45, 2.75) is 18.9 Å². The molecule has 0 unspecified atom stereocenters. The van der Waals surface area contributed by atoms with Gasteiger partial charge in [0.15, 0.2) is 0 Å². The average molecular weight is 537 g/mol. The zero-order valence-corrected chi connectivity index (χ0v) is 22.6. The number of hydrogen-bond donors (Lipinski definition) is 3. The highest BCUT2D eigenvalue weighted by Gasteiger charge is 2.34. The number of para-hydroxylation sites is 3. The fourth-order valence-corrected chi connectivity index (χ4v) is 6.00. The maximum absolute atomic E-state index is 14.3. The van der Waals surface area contributed by atoms with E-state index in [9.17, 15) is 9.59 Å². The van der Waals surface area contributed by atoms with E-state index in [-0.39, 0.29) is 17.9 Å². The number of anilines is 2. The highest BCUT2D eigenvalue weighted by atomic mass is 16.2. The van der Waals surface area contributed by atoms with Crippen LogP contribution in [0.15, 0.2) is 85.1 Å². The van der Waals surface area contributed by atoms with Crippen molar-refractivity contribution in [2.75, 3.05) is 49.1 Å². The van der Waals surface area contributed by atoms with E-state index in [4.69, 9.17) is 5.73 Å². The summed E-state index contributed by atoms with van der Waals surface area (Å²) in [7, 11) is 0. The van der Waals surface area contributed by atoms with Gasteiger partial charge in [-0.05, 0) is 54.3 Å². The number of amides is 3. The molecule has 0 spiro atoms. The molecule has 4 N–H and O–H groups in total. The zero-order chi connectivity index (χ0) is 27.5. The lowest BCUT2D eigenvalue weighted by molar-refractivity contribution is -0.120. The van der Waals surface area contributed by atoms with Crippen LogP contribution >= 0.6 is 0 Å². The molecule has 0 saturated carbocycles. The van der Waals surface area contributed by atoms with E-state index in [0.717, 1.165) is 52.9 Å². The fourth-order valence-electron chi connectivity index (χ4n) is 6.00. The summed E-state index contributed by atoms with van der Waals surface area (Å²) in [5.74, 6) is 0.0708. The number of carbonyl (C=O) groups excluding carboxylic acids is 2. The van der Waals surface area contributed by atoms with Gasteiger partial charge in [0.2, 0.25) is 5.91 Å². The van der Waals surface area contributed by atoms with Crippen LogP contribution in [0.25, 0.3) is 10.9 Å². The Labute approximate surface area is 234 Å². The lowest BCUT2D eigenvalue weighted by atomic mass is 9.91. The van der Waals surface area contributed by atoms with Crippen molar-refractivity contribution in [1.29, 1.82) is 0 Å². The lowest BCUT2D eigenvalue weighted by Gasteiger charge is -2.38. The highest BCUT2D eigenvalue weighted by Crippen LogP contribution is 2.30. The number of aromatic nitrogens is 1. The Morgan fingerprint density at radius 2 is 1.65 bits per heavy atom. The van der Waals surface area contributed by atoms with Crippen LogP contribution in [-0.2, 0) is 17.6 Å². The predicted octanol–water partition coefficient (Wildman–Crippen LogP) is 3.78. The number of carbonyl (C=O) groups is 2. The van der Waals surface area contributed by atoms with E-state index in [1.54, 1.807) is 0 Å². The molecule has 2 atom stereocenters. The predicted molar refractivity (Wildman–Crippen MR) is 160 cm³/mol. The standard InChI is InChI=1S/C32H36N6O2/c33-20-23-18-24-8-4-7-13-30(24)38(22-23)31(39)29(19-25-21-34-28-12-6-5-11-27(25)28)35-32(40)37-16-14-36(15-17-37)26-9-2-1-3-10-26/h1-13,21,23,29,34H,14-20,22,33H2,(H,35,40)/t23-,29-/m1/s1. The molecule has 3 aromatic carbocycles. The van der Waals surface area contributed by atoms with Crippen LogP contribution in [0.5, 0.6) is 0 Å². The van der Waals surface area contributed by atoms with Crippen molar-refractivity contribution in [3.8, 4) is 0 Å². The van der Waals surface area contributed by atoms with E-state index in [1.807, 2.05) is 76.7 Å². The second-order valence-electron chi connectivity index (χ2n) is 10.8. The van der Waals surface area contributed by atoms with Crippen molar-refractivity contribution in [2.24, 2.45) is 11.7 Å². The zero-order valence-electron chi connectivity index (χ0n) is 22.6. The Kier molecular flexibility index (Phi) is 7.42. The fraction of sp³-hybridized carbons (Fsp3) is 0.312. The molecule has 8 nitrogen and oxygen atoms in total. The van der Waals surface area contributed by atoms with Gasteiger partial charge in [0.25, 0.3) is 0 Å². The van der Waals surface area contributed by atoms with Crippen molar-refractivity contribution >= 4 is 34.2 Å². The molecule has 0 radical (unpaired) electrons. The van der Waals surface area contributed by atoms with Gasteiger partial charge in [-0.2, -0.15) is 0 Å². The number of urea groups is 1. The van der Waals surface area contributed by atoms with Gasteiger partial charge < -0.3 is 30.7 Å². The molecule has 1 saturated heterocycles. The van der Waals surface area contributed by atoms with Crippen LogP contribution in [-0.4, -0.2) is 67.1 Å². The monoisotopic (exact) mass is 536 g/mol. The molecule has 0 bridgehead atoms. The SMILES string of the molecule is NC[C@H]1Cc2ccccc2N(C(=O)[C@@H](Cc2c[nH]c3ccccc23)NC(=O)N2CCN(c3ccccc3)CC2)C1. The Morgan fingerprint density at radius 1 is 0.925 bits per heavy atom. The first-order valence-corrected chi connectivity index (χ1v) is 14.1. The molecule has 6 rings (SSSR count). The van der Waals surface area contributed by atoms with E-state index in [0.29, 0.717) is 32.6 Å². The minimum Gasteiger partial charge on any atom is -0.368 e. The van der Waals surface area contributed by atoms with Gasteiger partial charge in [0.1, 0.15) is 6.04 Å². The molecular weight excluding hydrogens is 500 g/mol. The molecule has 3 heterocycles. The third-order valence-corrected chi connectivity index (χ3v) is 8.21. The number of fused-ring (bicyclic) bond motifs is 2. The van der Waals surface area contributed by atoms with Crippen molar-refractivity contribution in [3.63, 3.8) is 0 Å². The Balaban J connectivity index is 1.24. The summed E-state index contributed by atoms with van der Waals surface area (Å²) in [6.07, 6.45) is 3.19. The topological polar surface area (TPSA) is 97.7 Å². The number of nitrogens with zero attached hydrogens (tertiary/aromatic N) is 3. The largest absolute Gasteiger partial charge is 0.368 e. The molecule has 1 fully saturated rings. The van der Waals surface area contributed by atoms with Gasteiger partial charge in [-0.1, -0.05) is 54.6 Å².